The van der Waals surface area contributed by atoms with Gasteiger partial charge in [-0.05, 0) is 42.5 Å². The largest absolute Gasteiger partial charge is 0.477 e. The Morgan fingerprint density at radius 3 is 2.73 bits per heavy atom. The molecule has 1 aromatic heterocycles. The first kappa shape index (κ1) is 22.2. The third-order valence-corrected chi connectivity index (χ3v) is 5.64. The highest BCUT2D eigenvalue weighted by Crippen LogP contribution is 2.33. The normalized spacial score (nSPS) is 15.1. The number of para-hydroxylation sites is 2. The maximum Gasteiger partial charge on any atom is 0.331 e. The first-order chi connectivity index (χ1) is 15.9. The monoisotopic (exact) mass is 467 g/mol. The van der Waals surface area contributed by atoms with Crippen molar-refractivity contribution in [3.05, 3.63) is 71.5 Å². The number of fused-ring (bicyclic) bond motifs is 1. The third-order valence-electron chi connectivity index (χ3n) is 4.73. The first-order valence-electron chi connectivity index (χ1n) is 9.82. The van der Waals surface area contributed by atoms with E-state index < -0.39 is 30.5 Å². The van der Waals surface area contributed by atoms with Crippen molar-refractivity contribution in [1.82, 2.24) is 4.98 Å². The number of rotatable bonds is 6. The van der Waals surface area contributed by atoms with E-state index in [0.717, 1.165) is 11.6 Å². The summed E-state index contributed by atoms with van der Waals surface area (Å²) in [7, 11) is 0. The molecule has 4 rings (SSSR count). The van der Waals surface area contributed by atoms with Gasteiger partial charge < -0.3 is 20.1 Å². The van der Waals surface area contributed by atoms with E-state index in [1.807, 2.05) is 0 Å². The number of halogens is 1. The molecule has 0 saturated carbocycles. The number of esters is 1. The summed E-state index contributed by atoms with van der Waals surface area (Å²) in [6, 6.07) is 12.6. The molecule has 8 nitrogen and oxygen atoms in total. The van der Waals surface area contributed by atoms with Gasteiger partial charge in [0.1, 0.15) is 16.6 Å². The molecule has 2 heterocycles. The Labute approximate surface area is 192 Å². The van der Waals surface area contributed by atoms with E-state index in [9.17, 15) is 18.8 Å². The summed E-state index contributed by atoms with van der Waals surface area (Å²) in [5.74, 6) is -1.95. The van der Waals surface area contributed by atoms with Gasteiger partial charge in [0.25, 0.3) is 11.8 Å². The lowest BCUT2D eigenvalue weighted by molar-refractivity contribution is -0.143. The molecule has 1 atom stereocenters. The molecule has 1 unspecified atom stereocenters. The highest BCUT2D eigenvalue weighted by molar-refractivity contribution is 7.13. The van der Waals surface area contributed by atoms with Gasteiger partial charge in [-0.25, -0.2) is 14.2 Å². The highest BCUT2D eigenvalue weighted by atomic mass is 32.1. The Kier molecular flexibility index (Phi) is 6.45. The molecule has 10 heteroatoms. The minimum atomic E-state index is -1.00. The molecule has 168 valence electrons. The molecule has 0 fully saturated rings. The zero-order valence-corrected chi connectivity index (χ0v) is 18.0. The molecule has 0 saturated heterocycles. The lowest BCUT2D eigenvalue weighted by Gasteiger charge is -2.33. The summed E-state index contributed by atoms with van der Waals surface area (Å²) in [5, 5.41) is 2.41. The smallest absolute Gasteiger partial charge is 0.331 e. The van der Waals surface area contributed by atoms with Crippen LogP contribution in [0.2, 0.25) is 0 Å². The van der Waals surface area contributed by atoms with Crippen molar-refractivity contribution in [3.63, 3.8) is 0 Å². The zero-order valence-electron chi connectivity index (χ0n) is 17.1. The van der Waals surface area contributed by atoms with Crippen LogP contribution in [0.3, 0.4) is 0 Å². The number of ether oxygens (including phenoxy) is 2. The number of aromatic nitrogens is 1. The molecule has 0 spiro atoms. The summed E-state index contributed by atoms with van der Waals surface area (Å²) in [4.78, 5) is 42.0. The minimum absolute atomic E-state index is 0.0798. The van der Waals surface area contributed by atoms with Crippen molar-refractivity contribution < 1.29 is 28.2 Å². The fourth-order valence-corrected chi connectivity index (χ4v) is 3.91. The fraction of sp³-hybridized carbons (Fsp3) is 0.130. The van der Waals surface area contributed by atoms with E-state index in [2.05, 4.69) is 4.98 Å². The van der Waals surface area contributed by atoms with Crippen molar-refractivity contribution in [2.24, 2.45) is 5.73 Å². The van der Waals surface area contributed by atoms with Crippen LogP contribution in [0, 0.1) is 5.82 Å². The highest BCUT2D eigenvalue weighted by Gasteiger charge is 2.32. The van der Waals surface area contributed by atoms with Crippen molar-refractivity contribution in [2.45, 2.75) is 6.10 Å². The number of nitrogens with two attached hydrogens (primary N) is 1. The topological polar surface area (TPSA) is 112 Å². The maximum atomic E-state index is 13.1. The van der Waals surface area contributed by atoms with E-state index in [4.69, 9.17) is 15.2 Å². The SMILES string of the molecule is NC(=O)C1CN(C(=O)COC(=O)C=Cc2csc(-c3ccc(F)cc3)n2)c2ccccc2O1. The number of anilines is 1. The second-order valence-corrected chi connectivity index (χ2v) is 7.86. The zero-order chi connectivity index (χ0) is 23.4. The summed E-state index contributed by atoms with van der Waals surface area (Å²) < 4.78 is 23.6. The predicted octanol–water partition coefficient (Wildman–Crippen LogP) is 2.79. The lowest BCUT2D eigenvalue weighted by Crippen LogP contribution is -2.50. The minimum Gasteiger partial charge on any atom is -0.477 e. The Hall–Kier alpha value is -4.05. The van der Waals surface area contributed by atoms with Gasteiger partial charge >= 0.3 is 5.97 Å². The number of amides is 2. The molecule has 2 aromatic carbocycles. The van der Waals surface area contributed by atoms with Gasteiger partial charge in [-0.1, -0.05) is 12.1 Å². The van der Waals surface area contributed by atoms with E-state index in [1.54, 1.807) is 41.8 Å². The number of hydrogen-bond donors (Lipinski definition) is 1. The Bertz CT molecular complexity index is 1220. The van der Waals surface area contributed by atoms with Gasteiger partial charge in [0.15, 0.2) is 12.7 Å². The summed E-state index contributed by atoms with van der Waals surface area (Å²) >= 11 is 1.35. The number of hydrogen-bond acceptors (Lipinski definition) is 7. The lowest BCUT2D eigenvalue weighted by atomic mass is 10.2. The third kappa shape index (κ3) is 5.24. The molecule has 0 bridgehead atoms. The summed E-state index contributed by atoms with van der Waals surface area (Å²) in [5.41, 5.74) is 7.07. The van der Waals surface area contributed by atoms with Gasteiger partial charge in [-0.2, -0.15) is 0 Å². The predicted molar refractivity (Wildman–Crippen MR) is 120 cm³/mol. The van der Waals surface area contributed by atoms with Gasteiger partial charge in [-0.3, -0.25) is 9.59 Å². The number of nitrogens with zero attached hydrogens (tertiary/aromatic N) is 2. The molecule has 3 aromatic rings. The fourth-order valence-electron chi connectivity index (χ4n) is 3.12. The molecule has 2 N–H and O–H groups in total. The van der Waals surface area contributed by atoms with Crippen molar-refractivity contribution >= 4 is 40.9 Å². The molecule has 1 aliphatic rings. The van der Waals surface area contributed by atoms with Crippen LogP contribution in [0.4, 0.5) is 10.1 Å². The molecular weight excluding hydrogens is 449 g/mol. The van der Waals surface area contributed by atoms with Crippen molar-refractivity contribution in [2.75, 3.05) is 18.1 Å². The second kappa shape index (κ2) is 9.61. The molecule has 0 aliphatic carbocycles. The molecule has 1 aliphatic heterocycles. The van der Waals surface area contributed by atoms with Crippen LogP contribution < -0.4 is 15.4 Å². The van der Waals surface area contributed by atoms with E-state index in [-0.39, 0.29) is 12.4 Å². The Morgan fingerprint density at radius 2 is 1.97 bits per heavy atom. The van der Waals surface area contributed by atoms with Gasteiger partial charge in [0.05, 0.1) is 17.9 Å². The first-order valence-corrected chi connectivity index (χ1v) is 10.7. The van der Waals surface area contributed by atoms with E-state index in [0.29, 0.717) is 22.1 Å². The van der Waals surface area contributed by atoms with Crippen LogP contribution in [-0.4, -0.2) is 42.0 Å². The second-order valence-electron chi connectivity index (χ2n) is 7.01. The Morgan fingerprint density at radius 1 is 1.21 bits per heavy atom. The number of carbonyl (C=O) groups excluding carboxylic acids is 3. The van der Waals surface area contributed by atoms with Crippen LogP contribution in [0.25, 0.3) is 16.6 Å². The van der Waals surface area contributed by atoms with Gasteiger partial charge in [0, 0.05) is 17.0 Å². The van der Waals surface area contributed by atoms with Crippen LogP contribution in [-0.2, 0) is 19.1 Å². The van der Waals surface area contributed by atoms with E-state index >= 15 is 0 Å². The van der Waals surface area contributed by atoms with E-state index in [1.165, 1.54) is 34.4 Å². The molecule has 0 radical (unpaired) electrons. The maximum absolute atomic E-state index is 13.1. The average Bonchev–Trinajstić information content (AvgIpc) is 3.30. The molecule has 2 amide bonds. The van der Waals surface area contributed by atoms with Gasteiger partial charge in [-0.15, -0.1) is 11.3 Å². The number of thiazole rings is 1. The van der Waals surface area contributed by atoms with Crippen LogP contribution in [0.5, 0.6) is 5.75 Å². The number of benzene rings is 2. The average molecular weight is 467 g/mol. The summed E-state index contributed by atoms with van der Waals surface area (Å²) in [6.07, 6.45) is 1.62. The molecular formula is C23H18FN3O5S. The Balaban J connectivity index is 1.36. The van der Waals surface area contributed by atoms with Gasteiger partial charge in [0.2, 0.25) is 0 Å². The number of carbonyl (C=O) groups is 3. The standard InChI is InChI=1S/C23H18FN3O5S/c24-15-7-5-14(6-8-15)23-26-16(13-33-23)9-10-21(29)31-12-20(28)27-11-19(22(25)30)32-18-4-2-1-3-17(18)27/h1-10,13,19H,11-12H2,(H2,25,30). The van der Waals surface area contributed by atoms with Crippen molar-refractivity contribution in [3.8, 4) is 16.3 Å². The van der Waals surface area contributed by atoms with Crippen LogP contribution in [0.15, 0.2) is 60.0 Å². The van der Waals surface area contributed by atoms with Crippen molar-refractivity contribution in [1.29, 1.82) is 0 Å². The number of primary amides is 1. The van der Waals surface area contributed by atoms with Crippen LogP contribution in [0.1, 0.15) is 5.69 Å². The van der Waals surface area contributed by atoms with Crippen LogP contribution >= 0.6 is 11.3 Å². The molecule has 33 heavy (non-hydrogen) atoms. The quantitative estimate of drug-likeness (QED) is 0.441. The summed E-state index contributed by atoms with van der Waals surface area (Å²) in [6.45, 7) is -0.607.